The van der Waals surface area contributed by atoms with Crippen molar-refractivity contribution in [3.63, 3.8) is 0 Å². The van der Waals surface area contributed by atoms with Crippen LogP contribution in [0.15, 0.2) is 59.6 Å². The largest absolute Gasteiger partial charge is 0.508 e. The van der Waals surface area contributed by atoms with Crippen LogP contribution in [0.25, 0.3) is 0 Å². The Morgan fingerprint density at radius 3 is 1.84 bits per heavy atom. The summed E-state index contributed by atoms with van der Waals surface area (Å²) in [6.45, 7) is 0.146. The van der Waals surface area contributed by atoms with Gasteiger partial charge in [0.1, 0.15) is 23.9 Å². The fourth-order valence-electron chi connectivity index (χ4n) is 4.18. The number of aromatic hydroxyl groups is 1. The van der Waals surface area contributed by atoms with Crippen molar-refractivity contribution in [3.05, 3.63) is 65.7 Å². The van der Waals surface area contributed by atoms with Crippen molar-refractivity contribution >= 4 is 35.6 Å². The van der Waals surface area contributed by atoms with E-state index >= 15 is 0 Å². The van der Waals surface area contributed by atoms with E-state index in [1.165, 1.54) is 12.1 Å². The summed E-state index contributed by atoms with van der Waals surface area (Å²) in [6, 6.07) is 9.81. The van der Waals surface area contributed by atoms with Gasteiger partial charge < -0.3 is 49.1 Å². The number of rotatable bonds is 18. The van der Waals surface area contributed by atoms with Crippen molar-refractivity contribution in [2.75, 3.05) is 6.54 Å². The van der Waals surface area contributed by atoms with Crippen molar-refractivity contribution in [2.24, 2.45) is 27.9 Å². The third-order valence-electron chi connectivity index (χ3n) is 6.52. The second-order valence-corrected chi connectivity index (χ2v) is 10.1. The smallest absolute Gasteiger partial charge is 0.326 e. The van der Waals surface area contributed by atoms with Gasteiger partial charge in [-0.2, -0.15) is 0 Å². The maximum atomic E-state index is 13.4. The number of carboxylic acid groups (broad SMARTS) is 1. The van der Waals surface area contributed by atoms with E-state index in [1.54, 1.807) is 42.5 Å². The highest BCUT2D eigenvalue weighted by molar-refractivity contribution is 5.94. The van der Waals surface area contributed by atoms with Gasteiger partial charge in [-0.3, -0.25) is 24.2 Å². The molecule has 0 spiro atoms. The first kappa shape index (κ1) is 35.0. The molecule has 0 aliphatic rings. The number of guanidine groups is 1. The van der Waals surface area contributed by atoms with Gasteiger partial charge in [-0.15, -0.1) is 0 Å². The Bertz CT molecular complexity index is 1300. The van der Waals surface area contributed by atoms with Crippen molar-refractivity contribution in [1.29, 1.82) is 0 Å². The zero-order chi connectivity index (χ0) is 32.6. The first-order chi connectivity index (χ1) is 20.8. The lowest BCUT2D eigenvalue weighted by Crippen LogP contribution is -2.57. The first-order valence-corrected chi connectivity index (χ1v) is 13.9. The van der Waals surface area contributed by atoms with Gasteiger partial charge in [0, 0.05) is 19.4 Å². The molecule has 238 valence electrons. The van der Waals surface area contributed by atoms with Crippen molar-refractivity contribution in [1.82, 2.24) is 16.0 Å². The average molecular weight is 613 g/mol. The number of nitrogens with zero attached hydrogens (tertiary/aromatic N) is 1. The molecule has 2 aromatic carbocycles. The molecule has 15 heteroatoms. The Morgan fingerprint density at radius 1 is 0.727 bits per heavy atom. The Kier molecular flexibility index (Phi) is 14.1. The monoisotopic (exact) mass is 612 g/mol. The molecule has 4 atom stereocenters. The van der Waals surface area contributed by atoms with Crippen LogP contribution in [0.2, 0.25) is 0 Å². The lowest BCUT2D eigenvalue weighted by Gasteiger charge is -2.25. The van der Waals surface area contributed by atoms with Gasteiger partial charge in [0.2, 0.25) is 23.6 Å². The zero-order valence-corrected chi connectivity index (χ0v) is 24.1. The fraction of sp³-hybridized carbons (Fsp3) is 0.379. The van der Waals surface area contributed by atoms with E-state index < -0.39 is 53.8 Å². The van der Waals surface area contributed by atoms with E-state index in [0.717, 1.165) is 0 Å². The standard InChI is InChI=1S/C29H40N8O7/c30-20(15-18-8-10-19(38)11-9-18)25(40)35-21(7-4-14-34-29(32)33)26(41)36-22(12-13-24(31)39)27(42)37-23(28(43)44)16-17-5-2-1-3-6-17/h1-3,5-6,8-11,20-23,38H,4,7,12-16,30H2,(H2,31,39)(H,35,40)(H,36,41)(H,37,42)(H,43,44)(H4,32,33,34). The summed E-state index contributed by atoms with van der Waals surface area (Å²) in [6.07, 6.45) is -0.111. The zero-order valence-electron chi connectivity index (χ0n) is 24.1. The van der Waals surface area contributed by atoms with Crippen LogP contribution >= 0.6 is 0 Å². The molecule has 44 heavy (non-hydrogen) atoms. The highest BCUT2D eigenvalue weighted by Gasteiger charge is 2.30. The molecular formula is C29H40N8O7. The highest BCUT2D eigenvalue weighted by Crippen LogP contribution is 2.12. The maximum Gasteiger partial charge on any atom is 0.326 e. The minimum atomic E-state index is -1.35. The number of aliphatic carboxylic acids is 1. The topological polar surface area (TPSA) is 278 Å². The van der Waals surface area contributed by atoms with Gasteiger partial charge in [0.25, 0.3) is 0 Å². The predicted molar refractivity (Wildman–Crippen MR) is 162 cm³/mol. The Balaban J connectivity index is 2.19. The van der Waals surface area contributed by atoms with E-state index in [2.05, 4.69) is 20.9 Å². The maximum absolute atomic E-state index is 13.4. The second kappa shape index (κ2) is 17.7. The predicted octanol–water partition coefficient (Wildman–Crippen LogP) is -1.64. The van der Waals surface area contributed by atoms with Gasteiger partial charge in [-0.05, 0) is 48.9 Å². The summed E-state index contributed by atoms with van der Waals surface area (Å²) in [5.41, 5.74) is 23.4. The van der Waals surface area contributed by atoms with E-state index in [4.69, 9.17) is 22.9 Å². The number of hydrogen-bond acceptors (Lipinski definition) is 8. The molecule has 15 nitrogen and oxygen atoms in total. The minimum absolute atomic E-state index is 0.0270. The number of carbonyl (C=O) groups excluding carboxylic acids is 4. The quantitative estimate of drug-likeness (QED) is 0.0526. The van der Waals surface area contributed by atoms with Gasteiger partial charge in [0.05, 0.1) is 6.04 Å². The van der Waals surface area contributed by atoms with E-state index in [-0.39, 0.29) is 56.8 Å². The summed E-state index contributed by atoms with van der Waals surface area (Å²) >= 11 is 0. The van der Waals surface area contributed by atoms with Crippen LogP contribution in [0.1, 0.15) is 36.8 Å². The SMILES string of the molecule is NC(=O)CCC(NC(=O)C(CCCN=C(N)N)NC(=O)C(N)Cc1ccc(O)cc1)C(=O)NC(Cc1ccccc1)C(=O)O. The lowest BCUT2D eigenvalue weighted by atomic mass is 10.0. The van der Waals surface area contributed by atoms with E-state index in [1.807, 2.05) is 0 Å². The molecule has 2 rings (SSSR count). The van der Waals surface area contributed by atoms with Crippen LogP contribution in [0.3, 0.4) is 0 Å². The number of carbonyl (C=O) groups is 5. The molecule has 0 heterocycles. The number of nitrogens with one attached hydrogen (secondary N) is 3. The normalized spacial score (nSPS) is 13.4. The summed E-state index contributed by atoms with van der Waals surface area (Å²) in [4.78, 5) is 66.8. The summed E-state index contributed by atoms with van der Waals surface area (Å²) in [7, 11) is 0. The van der Waals surface area contributed by atoms with Crippen LogP contribution in [0.4, 0.5) is 0 Å². The molecule has 0 fully saturated rings. The molecule has 0 bridgehead atoms. The number of benzene rings is 2. The van der Waals surface area contributed by atoms with Crippen LogP contribution in [0.5, 0.6) is 5.75 Å². The molecule has 0 aromatic heterocycles. The molecular weight excluding hydrogens is 572 g/mol. The Morgan fingerprint density at radius 2 is 1.27 bits per heavy atom. The molecule has 2 aromatic rings. The average Bonchev–Trinajstić information content (AvgIpc) is 2.97. The molecule has 0 saturated heterocycles. The molecule has 0 saturated carbocycles. The Labute approximate surface area is 254 Å². The molecule has 0 radical (unpaired) electrons. The van der Waals surface area contributed by atoms with Crippen molar-refractivity contribution in [3.8, 4) is 5.75 Å². The number of aliphatic imine (C=N–C) groups is 1. The summed E-state index contributed by atoms with van der Waals surface area (Å²) in [5.74, 6) is -4.43. The number of phenols is 1. The molecule has 0 aliphatic heterocycles. The van der Waals surface area contributed by atoms with Crippen LogP contribution < -0.4 is 38.9 Å². The lowest BCUT2D eigenvalue weighted by molar-refractivity contribution is -0.142. The van der Waals surface area contributed by atoms with Crippen molar-refractivity contribution in [2.45, 2.75) is 62.7 Å². The molecule has 13 N–H and O–H groups in total. The van der Waals surface area contributed by atoms with E-state index in [9.17, 15) is 34.2 Å². The fourth-order valence-corrected chi connectivity index (χ4v) is 4.18. The number of hydrogen-bond donors (Lipinski definition) is 9. The summed E-state index contributed by atoms with van der Waals surface area (Å²) in [5, 5.41) is 26.7. The number of nitrogens with two attached hydrogens (primary N) is 4. The third-order valence-corrected chi connectivity index (χ3v) is 6.52. The minimum Gasteiger partial charge on any atom is -0.508 e. The van der Waals surface area contributed by atoms with Crippen LogP contribution in [-0.4, -0.2) is 76.5 Å². The van der Waals surface area contributed by atoms with Crippen LogP contribution in [0, 0.1) is 0 Å². The van der Waals surface area contributed by atoms with Gasteiger partial charge in [-0.25, -0.2) is 4.79 Å². The highest BCUT2D eigenvalue weighted by atomic mass is 16.4. The van der Waals surface area contributed by atoms with Crippen molar-refractivity contribution < 1.29 is 34.2 Å². The Hall–Kier alpha value is -5.18. The molecule has 4 unspecified atom stereocenters. The first-order valence-electron chi connectivity index (χ1n) is 13.9. The second-order valence-electron chi connectivity index (χ2n) is 10.1. The molecule has 0 aliphatic carbocycles. The number of primary amides is 1. The van der Waals surface area contributed by atoms with E-state index in [0.29, 0.717) is 11.1 Å². The number of amides is 4. The number of carboxylic acids is 1. The van der Waals surface area contributed by atoms with Crippen LogP contribution in [-0.2, 0) is 36.8 Å². The van der Waals surface area contributed by atoms with Gasteiger partial charge >= 0.3 is 5.97 Å². The van der Waals surface area contributed by atoms with Gasteiger partial charge in [0.15, 0.2) is 5.96 Å². The summed E-state index contributed by atoms with van der Waals surface area (Å²) < 4.78 is 0. The molecule has 4 amide bonds. The third kappa shape index (κ3) is 12.8. The number of phenolic OH excluding ortho intramolecular Hbond substituents is 1. The van der Waals surface area contributed by atoms with Gasteiger partial charge in [-0.1, -0.05) is 42.5 Å².